The average Bonchev–Trinajstić information content (AvgIpc) is 2.77. The molecular weight excluding hydrogens is 412 g/mol. The maximum atomic E-state index is 13.0. The van der Waals surface area contributed by atoms with Gasteiger partial charge in [0.2, 0.25) is 10.0 Å². The average molecular weight is 445 g/mol. The second-order valence-electron chi connectivity index (χ2n) is 8.27. The van der Waals surface area contributed by atoms with Crippen molar-refractivity contribution < 1.29 is 17.9 Å². The van der Waals surface area contributed by atoms with Crippen LogP contribution in [0.1, 0.15) is 47.7 Å². The third-order valence-electron chi connectivity index (χ3n) is 5.90. The molecular formula is C24H32N2O4S. The minimum absolute atomic E-state index is 0.189. The van der Waals surface area contributed by atoms with Crippen molar-refractivity contribution in [2.45, 2.75) is 44.4 Å². The molecule has 2 aromatic rings. The molecule has 1 aliphatic heterocycles. The molecule has 0 atom stereocenters. The summed E-state index contributed by atoms with van der Waals surface area (Å²) in [6.45, 7) is 5.54. The van der Waals surface area contributed by atoms with Crippen LogP contribution >= 0.6 is 0 Å². The second-order valence-corrected chi connectivity index (χ2v) is 10.2. The van der Waals surface area contributed by atoms with Gasteiger partial charge in [-0.15, -0.1) is 0 Å². The highest BCUT2D eigenvalue weighted by Gasteiger charge is 2.28. The predicted octanol–water partition coefficient (Wildman–Crippen LogP) is 3.79. The predicted molar refractivity (Wildman–Crippen MR) is 122 cm³/mol. The SMILES string of the molecule is COc1cccc(CCCNC(=O)c2cc(S(=O)(=O)N3CCC(C)CC3)ccc2C)c1. The van der Waals surface area contributed by atoms with E-state index in [2.05, 4.69) is 12.2 Å². The molecule has 0 aliphatic carbocycles. The van der Waals surface area contributed by atoms with Gasteiger partial charge in [-0.1, -0.05) is 25.1 Å². The van der Waals surface area contributed by atoms with Crippen LogP contribution < -0.4 is 10.1 Å². The van der Waals surface area contributed by atoms with Gasteiger partial charge in [-0.3, -0.25) is 4.79 Å². The Kier molecular flexibility index (Phi) is 7.73. The summed E-state index contributed by atoms with van der Waals surface area (Å²) >= 11 is 0. The Balaban J connectivity index is 1.62. The number of aryl methyl sites for hydroxylation is 2. The van der Waals surface area contributed by atoms with E-state index in [1.807, 2.05) is 31.2 Å². The van der Waals surface area contributed by atoms with Crippen LogP contribution in [0, 0.1) is 12.8 Å². The van der Waals surface area contributed by atoms with E-state index in [9.17, 15) is 13.2 Å². The Morgan fingerprint density at radius 1 is 1.16 bits per heavy atom. The first-order chi connectivity index (χ1) is 14.8. The first-order valence-corrected chi connectivity index (χ1v) is 12.3. The summed E-state index contributed by atoms with van der Waals surface area (Å²) < 4.78 is 32.8. The fourth-order valence-electron chi connectivity index (χ4n) is 3.80. The van der Waals surface area contributed by atoms with Gasteiger partial charge in [-0.05, 0) is 73.9 Å². The molecule has 3 rings (SSSR count). The van der Waals surface area contributed by atoms with E-state index in [0.29, 0.717) is 31.1 Å². The van der Waals surface area contributed by atoms with Crippen molar-refractivity contribution in [3.05, 3.63) is 59.2 Å². The van der Waals surface area contributed by atoms with Crippen LogP contribution in [-0.2, 0) is 16.4 Å². The standard InChI is InChI=1S/C24H32N2O4S/c1-18-11-14-26(15-12-18)31(28,29)22-10-9-19(2)23(17-22)24(27)25-13-5-7-20-6-4-8-21(16-20)30-3/h4,6,8-10,16-18H,5,7,11-15H2,1-3H3,(H,25,27). The smallest absolute Gasteiger partial charge is 0.251 e. The number of nitrogens with one attached hydrogen (secondary N) is 1. The number of ether oxygens (including phenoxy) is 1. The van der Waals surface area contributed by atoms with E-state index in [-0.39, 0.29) is 10.8 Å². The fourth-order valence-corrected chi connectivity index (χ4v) is 5.29. The zero-order valence-corrected chi connectivity index (χ0v) is 19.4. The van der Waals surface area contributed by atoms with Gasteiger partial charge in [0.1, 0.15) is 5.75 Å². The zero-order chi connectivity index (χ0) is 22.4. The van der Waals surface area contributed by atoms with Crippen LogP contribution in [-0.4, -0.2) is 45.4 Å². The van der Waals surface area contributed by atoms with Crippen LogP contribution in [0.15, 0.2) is 47.4 Å². The van der Waals surface area contributed by atoms with E-state index in [1.165, 1.54) is 10.4 Å². The molecule has 1 N–H and O–H groups in total. The number of carbonyl (C=O) groups is 1. The number of nitrogens with zero attached hydrogens (tertiary/aromatic N) is 1. The molecule has 1 fully saturated rings. The van der Waals surface area contributed by atoms with Gasteiger partial charge < -0.3 is 10.1 Å². The van der Waals surface area contributed by atoms with Crippen LogP contribution in [0.4, 0.5) is 0 Å². The molecule has 7 heteroatoms. The summed E-state index contributed by atoms with van der Waals surface area (Å²) in [5.41, 5.74) is 2.32. The molecule has 1 saturated heterocycles. The van der Waals surface area contributed by atoms with Crippen LogP contribution in [0.3, 0.4) is 0 Å². The number of amides is 1. The Hall–Kier alpha value is -2.38. The van der Waals surface area contributed by atoms with E-state index >= 15 is 0 Å². The van der Waals surface area contributed by atoms with Gasteiger partial charge >= 0.3 is 0 Å². The highest BCUT2D eigenvalue weighted by atomic mass is 32.2. The number of hydrogen-bond acceptors (Lipinski definition) is 4. The number of methoxy groups -OCH3 is 1. The van der Waals surface area contributed by atoms with E-state index in [0.717, 1.165) is 42.6 Å². The van der Waals surface area contributed by atoms with Crippen molar-refractivity contribution in [1.82, 2.24) is 9.62 Å². The Bertz CT molecular complexity index is 1010. The second kappa shape index (κ2) is 10.3. The molecule has 0 spiro atoms. The minimum atomic E-state index is -3.58. The molecule has 1 heterocycles. The van der Waals surface area contributed by atoms with Crippen molar-refractivity contribution in [2.24, 2.45) is 5.92 Å². The van der Waals surface area contributed by atoms with Crippen molar-refractivity contribution >= 4 is 15.9 Å². The van der Waals surface area contributed by atoms with Crippen LogP contribution in [0.2, 0.25) is 0 Å². The van der Waals surface area contributed by atoms with Gasteiger partial charge in [0, 0.05) is 25.2 Å². The van der Waals surface area contributed by atoms with Gasteiger partial charge in [0.05, 0.1) is 12.0 Å². The van der Waals surface area contributed by atoms with Crippen molar-refractivity contribution in [2.75, 3.05) is 26.7 Å². The molecule has 0 bridgehead atoms. The molecule has 0 aromatic heterocycles. The number of carbonyl (C=O) groups excluding carboxylic acids is 1. The number of hydrogen-bond donors (Lipinski definition) is 1. The van der Waals surface area contributed by atoms with E-state index in [4.69, 9.17) is 4.74 Å². The summed E-state index contributed by atoms with van der Waals surface area (Å²) in [5, 5.41) is 2.92. The third kappa shape index (κ3) is 5.86. The van der Waals surface area contributed by atoms with E-state index in [1.54, 1.807) is 19.2 Å². The fraction of sp³-hybridized carbons (Fsp3) is 0.458. The molecule has 0 saturated carbocycles. The lowest BCUT2D eigenvalue weighted by atomic mass is 10.0. The summed E-state index contributed by atoms with van der Waals surface area (Å²) in [6.07, 6.45) is 3.33. The molecule has 6 nitrogen and oxygen atoms in total. The van der Waals surface area contributed by atoms with Gasteiger partial charge in [0.25, 0.3) is 5.91 Å². The molecule has 31 heavy (non-hydrogen) atoms. The summed E-state index contributed by atoms with van der Waals surface area (Å²) in [4.78, 5) is 12.9. The molecule has 0 unspecified atom stereocenters. The van der Waals surface area contributed by atoms with Gasteiger partial charge in [-0.25, -0.2) is 8.42 Å². The van der Waals surface area contributed by atoms with E-state index < -0.39 is 10.0 Å². The summed E-state index contributed by atoms with van der Waals surface area (Å²) in [5.74, 6) is 1.12. The van der Waals surface area contributed by atoms with Crippen molar-refractivity contribution in [1.29, 1.82) is 0 Å². The minimum Gasteiger partial charge on any atom is -0.497 e. The lowest BCUT2D eigenvalue weighted by molar-refractivity contribution is 0.0952. The van der Waals surface area contributed by atoms with Gasteiger partial charge in [0.15, 0.2) is 0 Å². The normalized spacial score (nSPS) is 15.6. The van der Waals surface area contributed by atoms with Crippen molar-refractivity contribution in [3.8, 4) is 5.75 Å². The Labute approximate surface area is 185 Å². The highest BCUT2D eigenvalue weighted by Crippen LogP contribution is 2.25. The number of benzene rings is 2. The maximum Gasteiger partial charge on any atom is 0.251 e. The lowest BCUT2D eigenvalue weighted by Crippen LogP contribution is -2.38. The lowest BCUT2D eigenvalue weighted by Gasteiger charge is -2.29. The summed E-state index contributed by atoms with van der Waals surface area (Å²) in [7, 11) is -1.94. The topological polar surface area (TPSA) is 75.7 Å². The largest absolute Gasteiger partial charge is 0.497 e. The molecule has 2 aromatic carbocycles. The number of sulfonamides is 1. The zero-order valence-electron chi connectivity index (χ0n) is 18.6. The highest BCUT2D eigenvalue weighted by molar-refractivity contribution is 7.89. The van der Waals surface area contributed by atoms with Crippen molar-refractivity contribution in [3.63, 3.8) is 0 Å². The Morgan fingerprint density at radius 2 is 1.90 bits per heavy atom. The molecule has 1 aliphatic rings. The van der Waals surface area contributed by atoms with Crippen LogP contribution in [0.25, 0.3) is 0 Å². The maximum absolute atomic E-state index is 13.0. The molecule has 1 amide bonds. The number of piperidine rings is 1. The first kappa shape index (κ1) is 23.3. The van der Waals surface area contributed by atoms with Crippen LogP contribution in [0.5, 0.6) is 5.75 Å². The number of rotatable bonds is 8. The molecule has 168 valence electrons. The third-order valence-corrected chi connectivity index (χ3v) is 7.79. The van der Waals surface area contributed by atoms with Gasteiger partial charge in [-0.2, -0.15) is 4.31 Å². The summed E-state index contributed by atoms with van der Waals surface area (Å²) in [6, 6.07) is 12.7. The Morgan fingerprint density at radius 3 is 2.61 bits per heavy atom. The monoisotopic (exact) mass is 444 g/mol. The molecule has 0 radical (unpaired) electrons. The first-order valence-electron chi connectivity index (χ1n) is 10.8. The quantitative estimate of drug-likeness (QED) is 0.629.